The molecule has 0 spiro atoms. The topological polar surface area (TPSA) is 59.0 Å². The number of hydrogen-bond donors (Lipinski definition) is 0. The van der Waals surface area contributed by atoms with Crippen LogP contribution in [0.4, 0.5) is 5.69 Å². The van der Waals surface area contributed by atoms with Crippen LogP contribution in [0.1, 0.15) is 15.9 Å². The van der Waals surface area contributed by atoms with Crippen molar-refractivity contribution in [3.05, 3.63) is 59.7 Å². The summed E-state index contributed by atoms with van der Waals surface area (Å²) in [6.07, 6.45) is 0. The predicted octanol–water partition coefficient (Wildman–Crippen LogP) is 3.28. The zero-order valence-electron chi connectivity index (χ0n) is 13.4. The highest BCUT2D eigenvalue weighted by Crippen LogP contribution is 2.34. The molecule has 2 aromatic carbocycles. The van der Waals surface area contributed by atoms with E-state index in [1.165, 1.54) is 16.7 Å². The molecule has 0 atom stereocenters. The molecule has 3 rings (SSSR count). The van der Waals surface area contributed by atoms with Crippen LogP contribution in [-0.2, 0) is 4.79 Å². The number of amides is 2. The molecule has 122 valence electrons. The number of aliphatic imine (C=N–C) groups is 1. The van der Waals surface area contributed by atoms with Gasteiger partial charge in [-0.05, 0) is 31.2 Å². The number of methoxy groups -OCH3 is 1. The third-order valence-corrected chi connectivity index (χ3v) is 4.48. The van der Waals surface area contributed by atoms with Crippen molar-refractivity contribution in [3.8, 4) is 5.75 Å². The van der Waals surface area contributed by atoms with Crippen molar-refractivity contribution in [2.75, 3.05) is 17.8 Å². The van der Waals surface area contributed by atoms with E-state index in [1.54, 1.807) is 31.4 Å². The van der Waals surface area contributed by atoms with Crippen LogP contribution in [0.3, 0.4) is 0 Å². The van der Waals surface area contributed by atoms with Crippen LogP contribution in [-0.4, -0.2) is 29.8 Å². The number of carbonyl (C=O) groups is 2. The first-order chi connectivity index (χ1) is 11.6. The Morgan fingerprint density at radius 1 is 1.21 bits per heavy atom. The van der Waals surface area contributed by atoms with Gasteiger partial charge < -0.3 is 4.74 Å². The zero-order valence-corrected chi connectivity index (χ0v) is 14.2. The molecule has 1 aliphatic rings. The Labute approximate surface area is 144 Å². The number of amidine groups is 1. The second-order valence-electron chi connectivity index (χ2n) is 5.26. The van der Waals surface area contributed by atoms with Crippen LogP contribution in [0.25, 0.3) is 0 Å². The SMILES string of the molecule is COc1ccccc1N1C(=O)CSC1=NC(=O)c1cccc(C)c1. The van der Waals surface area contributed by atoms with Gasteiger partial charge in [0.1, 0.15) is 5.75 Å². The molecule has 0 radical (unpaired) electrons. The van der Waals surface area contributed by atoms with E-state index in [0.29, 0.717) is 22.2 Å². The van der Waals surface area contributed by atoms with E-state index >= 15 is 0 Å². The average molecular weight is 340 g/mol. The molecule has 1 aliphatic heterocycles. The Morgan fingerprint density at radius 2 is 2.00 bits per heavy atom. The van der Waals surface area contributed by atoms with Gasteiger partial charge in [-0.15, -0.1) is 0 Å². The molecule has 5 nitrogen and oxygen atoms in total. The van der Waals surface area contributed by atoms with Crippen molar-refractivity contribution >= 4 is 34.4 Å². The quantitative estimate of drug-likeness (QED) is 0.860. The average Bonchev–Trinajstić information content (AvgIpc) is 2.95. The maximum absolute atomic E-state index is 12.4. The predicted molar refractivity (Wildman–Crippen MR) is 95.9 cm³/mol. The number of hydrogen-bond acceptors (Lipinski definition) is 4. The van der Waals surface area contributed by atoms with Gasteiger partial charge in [-0.25, -0.2) is 0 Å². The lowest BCUT2D eigenvalue weighted by Crippen LogP contribution is -2.30. The molecule has 1 saturated heterocycles. The van der Waals surface area contributed by atoms with Crippen LogP contribution in [0.5, 0.6) is 5.75 Å². The minimum absolute atomic E-state index is 0.125. The summed E-state index contributed by atoms with van der Waals surface area (Å²) in [5.41, 5.74) is 2.08. The standard InChI is InChI=1S/C18H16N2O3S/c1-12-6-5-7-13(10-12)17(22)19-18-20(16(21)11-24-18)14-8-3-4-9-15(14)23-2/h3-10H,11H2,1-2H3. The van der Waals surface area contributed by atoms with E-state index in [1.807, 2.05) is 31.2 Å². The molecular formula is C18H16N2O3S. The highest BCUT2D eigenvalue weighted by molar-refractivity contribution is 8.15. The van der Waals surface area contributed by atoms with Gasteiger partial charge in [0, 0.05) is 5.56 Å². The van der Waals surface area contributed by atoms with Crippen LogP contribution in [0, 0.1) is 6.92 Å². The van der Waals surface area contributed by atoms with Gasteiger partial charge in [0.05, 0.1) is 18.6 Å². The van der Waals surface area contributed by atoms with Crippen LogP contribution < -0.4 is 9.64 Å². The first kappa shape index (κ1) is 16.3. The van der Waals surface area contributed by atoms with Gasteiger partial charge in [0.2, 0.25) is 5.91 Å². The second kappa shape index (κ2) is 6.88. The summed E-state index contributed by atoms with van der Waals surface area (Å²) in [5.74, 6) is 0.318. The van der Waals surface area contributed by atoms with Gasteiger partial charge >= 0.3 is 0 Å². The third-order valence-electron chi connectivity index (χ3n) is 3.55. The first-order valence-corrected chi connectivity index (χ1v) is 8.37. The normalized spacial score (nSPS) is 15.8. The van der Waals surface area contributed by atoms with E-state index in [4.69, 9.17) is 4.74 Å². The maximum Gasteiger partial charge on any atom is 0.279 e. The Bertz CT molecular complexity index is 833. The Hall–Kier alpha value is -2.60. The number of anilines is 1. The van der Waals surface area contributed by atoms with E-state index < -0.39 is 0 Å². The molecule has 1 heterocycles. The van der Waals surface area contributed by atoms with Crippen molar-refractivity contribution < 1.29 is 14.3 Å². The van der Waals surface area contributed by atoms with Crippen molar-refractivity contribution in [3.63, 3.8) is 0 Å². The molecular weight excluding hydrogens is 324 g/mol. The molecule has 6 heteroatoms. The van der Waals surface area contributed by atoms with Crippen molar-refractivity contribution in [2.45, 2.75) is 6.92 Å². The number of rotatable bonds is 3. The lowest BCUT2D eigenvalue weighted by atomic mass is 10.1. The zero-order chi connectivity index (χ0) is 17.1. The summed E-state index contributed by atoms with van der Waals surface area (Å²) in [6, 6.07) is 14.4. The molecule has 0 saturated carbocycles. The number of ether oxygens (including phenoxy) is 1. The Balaban J connectivity index is 1.97. The molecule has 0 aliphatic carbocycles. The number of nitrogens with zero attached hydrogens (tertiary/aromatic N) is 2. The van der Waals surface area contributed by atoms with E-state index in [-0.39, 0.29) is 17.6 Å². The summed E-state index contributed by atoms with van der Waals surface area (Å²) < 4.78 is 5.32. The molecule has 0 unspecified atom stereocenters. The number of carbonyl (C=O) groups excluding carboxylic acids is 2. The summed E-state index contributed by atoms with van der Waals surface area (Å²) in [4.78, 5) is 30.3. The molecule has 2 amide bonds. The van der Waals surface area contributed by atoms with Gasteiger partial charge in [-0.3, -0.25) is 14.5 Å². The number of benzene rings is 2. The molecule has 0 aromatic heterocycles. The lowest BCUT2D eigenvalue weighted by molar-refractivity contribution is -0.115. The van der Waals surface area contributed by atoms with Crippen LogP contribution in [0.15, 0.2) is 53.5 Å². The van der Waals surface area contributed by atoms with Crippen LogP contribution in [0.2, 0.25) is 0 Å². The Kier molecular flexibility index (Phi) is 4.66. The number of para-hydroxylation sites is 2. The largest absolute Gasteiger partial charge is 0.495 e. The molecule has 0 bridgehead atoms. The fourth-order valence-electron chi connectivity index (χ4n) is 2.43. The summed E-state index contributed by atoms with van der Waals surface area (Å²) >= 11 is 1.25. The second-order valence-corrected chi connectivity index (χ2v) is 6.20. The van der Waals surface area contributed by atoms with E-state index in [2.05, 4.69) is 4.99 Å². The minimum Gasteiger partial charge on any atom is -0.495 e. The smallest absolute Gasteiger partial charge is 0.279 e. The highest BCUT2D eigenvalue weighted by Gasteiger charge is 2.32. The summed E-state index contributed by atoms with van der Waals surface area (Å²) in [7, 11) is 1.54. The highest BCUT2D eigenvalue weighted by atomic mass is 32.2. The summed E-state index contributed by atoms with van der Waals surface area (Å²) in [6.45, 7) is 1.92. The van der Waals surface area contributed by atoms with Crippen molar-refractivity contribution in [1.82, 2.24) is 0 Å². The first-order valence-electron chi connectivity index (χ1n) is 7.38. The van der Waals surface area contributed by atoms with E-state index in [0.717, 1.165) is 5.56 Å². The monoisotopic (exact) mass is 340 g/mol. The molecule has 1 fully saturated rings. The van der Waals surface area contributed by atoms with Crippen molar-refractivity contribution in [1.29, 1.82) is 0 Å². The Morgan fingerprint density at radius 3 is 2.75 bits per heavy atom. The minimum atomic E-state index is -0.365. The maximum atomic E-state index is 12.4. The van der Waals surface area contributed by atoms with Gasteiger partial charge in [-0.1, -0.05) is 41.6 Å². The molecule has 24 heavy (non-hydrogen) atoms. The lowest BCUT2D eigenvalue weighted by Gasteiger charge is -2.18. The number of thioether (sulfide) groups is 1. The molecule has 2 aromatic rings. The fourth-order valence-corrected chi connectivity index (χ4v) is 3.28. The van der Waals surface area contributed by atoms with Gasteiger partial charge in [0.25, 0.3) is 5.91 Å². The fraction of sp³-hybridized carbons (Fsp3) is 0.167. The van der Waals surface area contributed by atoms with Gasteiger partial charge in [-0.2, -0.15) is 4.99 Å². The summed E-state index contributed by atoms with van der Waals surface area (Å²) in [5, 5.41) is 0.371. The van der Waals surface area contributed by atoms with Crippen LogP contribution >= 0.6 is 11.8 Å². The van der Waals surface area contributed by atoms with Crippen molar-refractivity contribution in [2.24, 2.45) is 4.99 Å². The van der Waals surface area contributed by atoms with Gasteiger partial charge in [0.15, 0.2) is 5.17 Å². The van der Waals surface area contributed by atoms with E-state index in [9.17, 15) is 9.59 Å². The third kappa shape index (κ3) is 3.19. The number of aryl methyl sites for hydroxylation is 1. The molecule has 0 N–H and O–H groups in total.